The molecular weight excluding hydrogens is 340 g/mol. The number of piperazine rings is 1. The first-order valence-corrected chi connectivity index (χ1v) is 8.69. The minimum atomic E-state index is -0.199. The van der Waals surface area contributed by atoms with E-state index in [1.165, 1.54) is 6.07 Å². The van der Waals surface area contributed by atoms with Gasteiger partial charge in [-0.25, -0.2) is 9.97 Å². The van der Waals surface area contributed by atoms with Crippen molar-refractivity contribution in [2.75, 3.05) is 31.1 Å². The first-order chi connectivity index (χ1) is 12.0. The summed E-state index contributed by atoms with van der Waals surface area (Å²) >= 11 is 6.15. The summed E-state index contributed by atoms with van der Waals surface area (Å²) in [7, 11) is 0. The predicted molar refractivity (Wildman–Crippen MR) is 97.4 cm³/mol. The molecular formula is C18H21ClN4O2. The highest BCUT2D eigenvalue weighted by Gasteiger charge is 2.26. The molecule has 1 aromatic heterocycles. The third-order valence-corrected chi connectivity index (χ3v) is 4.58. The number of phenols is 1. The van der Waals surface area contributed by atoms with E-state index in [2.05, 4.69) is 9.97 Å². The summed E-state index contributed by atoms with van der Waals surface area (Å²) in [5, 5.41) is 10.9. The van der Waals surface area contributed by atoms with Gasteiger partial charge in [-0.15, -0.1) is 0 Å². The Labute approximate surface area is 152 Å². The zero-order valence-electron chi connectivity index (χ0n) is 14.3. The number of anilines is 1. The maximum Gasteiger partial charge on any atom is 0.257 e. The summed E-state index contributed by atoms with van der Waals surface area (Å²) in [4.78, 5) is 25.1. The molecule has 132 valence electrons. The fourth-order valence-corrected chi connectivity index (χ4v) is 3.18. The van der Waals surface area contributed by atoms with Gasteiger partial charge >= 0.3 is 0 Å². The number of carbonyl (C=O) groups excluding carboxylic acids is 1. The molecule has 6 nitrogen and oxygen atoms in total. The zero-order valence-corrected chi connectivity index (χ0v) is 15.1. The molecule has 0 aliphatic carbocycles. The van der Waals surface area contributed by atoms with Gasteiger partial charge in [0, 0.05) is 43.6 Å². The molecule has 25 heavy (non-hydrogen) atoms. The van der Waals surface area contributed by atoms with E-state index in [4.69, 9.17) is 11.6 Å². The molecule has 1 saturated heterocycles. The summed E-state index contributed by atoms with van der Waals surface area (Å²) in [5.41, 5.74) is 0.952. The third kappa shape index (κ3) is 3.69. The summed E-state index contributed by atoms with van der Waals surface area (Å²) in [6.07, 6.45) is 3.41. The molecule has 1 aliphatic heterocycles. The van der Waals surface area contributed by atoms with Crippen LogP contribution in [0.3, 0.4) is 0 Å². The second-order valence-electron chi connectivity index (χ2n) is 6.37. The maximum absolute atomic E-state index is 12.8. The number of carbonyl (C=O) groups is 1. The Morgan fingerprint density at radius 2 is 1.80 bits per heavy atom. The van der Waals surface area contributed by atoms with Crippen LogP contribution in [-0.2, 0) is 0 Å². The van der Waals surface area contributed by atoms with E-state index in [0.717, 1.165) is 0 Å². The van der Waals surface area contributed by atoms with Crippen molar-refractivity contribution in [1.29, 1.82) is 0 Å². The number of aromatic nitrogens is 2. The molecule has 1 amide bonds. The highest BCUT2D eigenvalue weighted by molar-refractivity contribution is 6.31. The Balaban J connectivity index is 1.75. The Kier molecular flexibility index (Phi) is 5.08. The quantitative estimate of drug-likeness (QED) is 0.911. The number of amides is 1. The third-order valence-electron chi connectivity index (χ3n) is 4.36. The number of benzene rings is 1. The minimum absolute atomic E-state index is 0.0261. The second kappa shape index (κ2) is 7.27. The average Bonchev–Trinajstić information content (AvgIpc) is 2.63. The number of aromatic hydroxyl groups is 1. The lowest BCUT2D eigenvalue weighted by Gasteiger charge is -2.35. The van der Waals surface area contributed by atoms with Crippen LogP contribution in [0.25, 0.3) is 0 Å². The molecule has 0 saturated carbocycles. The smallest absolute Gasteiger partial charge is 0.257 e. The van der Waals surface area contributed by atoms with Crippen LogP contribution in [0.1, 0.15) is 35.7 Å². The molecule has 3 rings (SSSR count). The van der Waals surface area contributed by atoms with Gasteiger partial charge in [-0.1, -0.05) is 25.4 Å². The molecule has 7 heteroatoms. The van der Waals surface area contributed by atoms with Crippen molar-refractivity contribution < 1.29 is 9.90 Å². The SMILES string of the molecule is CC(C)c1cc(Cl)cc(C(=O)N2CCN(c3ncccn3)CC2)c1O. The first-order valence-electron chi connectivity index (χ1n) is 8.31. The van der Waals surface area contributed by atoms with Crippen LogP contribution < -0.4 is 4.90 Å². The van der Waals surface area contributed by atoms with Gasteiger partial charge in [-0.3, -0.25) is 4.79 Å². The second-order valence-corrected chi connectivity index (χ2v) is 6.81. The van der Waals surface area contributed by atoms with Gasteiger partial charge in [0.15, 0.2) is 0 Å². The number of nitrogens with zero attached hydrogens (tertiary/aromatic N) is 4. The number of halogens is 1. The van der Waals surface area contributed by atoms with Crippen molar-refractivity contribution in [2.45, 2.75) is 19.8 Å². The number of hydrogen-bond donors (Lipinski definition) is 1. The van der Waals surface area contributed by atoms with E-state index in [9.17, 15) is 9.90 Å². The van der Waals surface area contributed by atoms with Crippen LogP contribution in [0, 0.1) is 0 Å². The van der Waals surface area contributed by atoms with E-state index >= 15 is 0 Å². The van der Waals surface area contributed by atoms with Crippen molar-refractivity contribution in [3.63, 3.8) is 0 Å². The van der Waals surface area contributed by atoms with Crippen LogP contribution in [0.4, 0.5) is 5.95 Å². The van der Waals surface area contributed by atoms with Crippen LogP contribution in [0.15, 0.2) is 30.6 Å². The largest absolute Gasteiger partial charge is 0.507 e. The molecule has 1 fully saturated rings. The van der Waals surface area contributed by atoms with E-state index in [-0.39, 0.29) is 23.1 Å². The van der Waals surface area contributed by atoms with Gasteiger partial charge in [0.05, 0.1) is 5.56 Å². The molecule has 0 atom stereocenters. The van der Waals surface area contributed by atoms with Crippen molar-refractivity contribution in [2.24, 2.45) is 0 Å². The van der Waals surface area contributed by atoms with Gasteiger partial charge in [0.25, 0.3) is 5.91 Å². The molecule has 0 unspecified atom stereocenters. The van der Waals surface area contributed by atoms with Crippen molar-refractivity contribution in [1.82, 2.24) is 14.9 Å². The molecule has 1 aromatic carbocycles. The number of hydrogen-bond acceptors (Lipinski definition) is 5. The van der Waals surface area contributed by atoms with Gasteiger partial charge in [-0.2, -0.15) is 0 Å². The Morgan fingerprint density at radius 1 is 1.16 bits per heavy atom. The monoisotopic (exact) mass is 360 g/mol. The zero-order chi connectivity index (χ0) is 18.0. The maximum atomic E-state index is 12.8. The van der Waals surface area contributed by atoms with Crippen molar-refractivity contribution in [3.8, 4) is 5.75 Å². The van der Waals surface area contributed by atoms with Crippen LogP contribution in [0.2, 0.25) is 5.02 Å². The Morgan fingerprint density at radius 3 is 2.40 bits per heavy atom. The molecule has 0 radical (unpaired) electrons. The fourth-order valence-electron chi connectivity index (χ4n) is 2.96. The Hall–Kier alpha value is -2.34. The lowest BCUT2D eigenvalue weighted by Crippen LogP contribution is -2.49. The topological polar surface area (TPSA) is 69.6 Å². The Bertz CT molecular complexity index is 759. The fraction of sp³-hybridized carbons (Fsp3) is 0.389. The highest BCUT2D eigenvalue weighted by atomic mass is 35.5. The lowest BCUT2D eigenvalue weighted by molar-refractivity contribution is 0.0743. The summed E-state index contributed by atoms with van der Waals surface area (Å²) in [6.45, 7) is 6.29. The van der Waals surface area contributed by atoms with E-state index < -0.39 is 0 Å². The number of rotatable bonds is 3. The predicted octanol–water partition coefficient (Wildman–Crippen LogP) is 2.92. The summed E-state index contributed by atoms with van der Waals surface area (Å²) in [5.74, 6) is 0.577. The number of phenolic OH excluding ortho intramolecular Hbond substituents is 1. The van der Waals surface area contributed by atoms with E-state index in [1.54, 1.807) is 29.4 Å². The molecule has 1 aliphatic rings. The van der Waals surface area contributed by atoms with Crippen LogP contribution in [0.5, 0.6) is 5.75 Å². The average molecular weight is 361 g/mol. The van der Waals surface area contributed by atoms with Gasteiger partial charge in [-0.05, 0) is 29.7 Å². The molecule has 2 heterocycles. The first kappa shape index (κ1) is 17.5. The molecule has 0 spiro atoms. The van der Waals surface area contributed by atoms with Gasteiger partial charge in [0.1, 0.15) is 5.75 Å². The van der Waals surface area contributed by atoms with Crippen molar-refractivity contribution >= 4 is 23.5 Å². The standard InChI is InChI=1S/C18H21ClN4O2/c1-12(2)14-10-13(19)11-15(16(14)24)17(25)22-6-8-23(9-7-22)18-20-4-3-5-21-18/h3-5,10-12,24H,6-9H2,1-2H3. The minimum Gasteiger partial charge on any atom is -0.507 e. The normalized spacial score (nSPS) is 14.9. The summed E-state index contributed by atoms with van der Waals surface area (Å²) in [6, 6.07) is 5.03. The molecule has 0 bridgehead atoms. The van der Waals surface area contributed by atoms with Gasteiger partial charge < -0.3 is 14.9 Å². The van der Waals surface area contributed by atoms with Crippen LogP contribution in [-0.4, -0.2) is 52.1 Å². The summed E-state index contributed by atoms with van der Waals surface area (Å²) < 4.78 is 0. The van der Waals surface area contributed by atoms with Gasteiger partial charge in [0.2, 0.25) is 5.95 Å². The molecule has 2 aromatic rings. The highest BCUT2D eigenvalue weighted by Crippen LogP contribution is 2.33. The lowest BCUT2D eigenvalue weighted by atomic mass is 9.98. The van der Waals surface area contributed by atoms with E-state index in [1.807, 2.05) is 18.7 Å². The van der Waals surface area contributed by atoms with E-state index in [0.29, 0.717) is 42.7 Å². The molecule has 1 N–H and O–H groups in total. The van der Waals surface area contributed by atoms with Crippen molar-refractivity contribution in [3.05, 3.63) is 46.7 Å². The van der Waals surface area contributed by atoms with Crippen LogP contribution >= 0.6 is 11.6 Å².